The zero-order valence-electron chi connectivity index (χ0n) is 11.4. The third kappa shape index (κ3) is 3.35. The van der Waals surface area contributed by atoms with Gasteiger partial charge in [0.25, 0.3) is 0 Å². The molecule has 2 N–H and O–H groups in total. The molecule has 106 valence electrons. The Morgan fingerprint density at radius 2 is 2.00 bits per heavy atom. The molecule has 0 radical (unpaired) electrons. The van der Waals surface area contributed by atoms with Gasteiger partial charge in [-0.1, -0.05) is 17.7 Å². The van der Waals surface area contributed by atoms with E-state index >= 15 is 0 Å². The predicted molar refractivity (Wildman–Crippen MR) is 76.3 cm³/mol. The molecule has 5 heteroatoms. The van der Waals surface area contributed by atoms with Crippen LogP contribution < -0.4 is 5.73 Å². The number of hydrogen-bond donors (Lipinski definition) is 1. The number of nitrogens with zero attached hydrogens (tertiary/aromatic N) is 1. The van der Waals surface area contributed by atoms with Crippen LogP contribution in [0.4, 0.5) is 0 Å². The molecule has 0 bridgehead atoms. The molecule has 0 amide bonds. The fourth-order valence-electron chi connectivity index (χ4n) is 2.58. The SMILES string of the molecule is Cc1ccc(S(=O)(=O)N2CCCC(CCN)C2)cc1. The van der Waals surface area contributed by atoms with Crippen molar-refractivity contribution in [1.29, 1.82) is 0 Å². The largest absolute Gasteiger partial charge is 0.330 e. The number of aryl methyl sites for hydroxylation is 1. The zero-order chi connectivity index (χ0) is 13.9. The van der Waals surface area contributed by atoms with E-state index in [1.165, 1.54) is 0 Å². The molecule has 1 aromatic rings. The van der Waals surface area contributed by atoms with Crippen LogP contribution in [0.2, 0.25) is 0 Å². The van der Waals surface area contributed by atoms with Crippen LogP contribution in [-0.2, 0) is 10.0 Å². The Morgan fingerprint density at radius 3 is 2.63 bits per heavy atom. The van der Waals surface area contributed by atoms with E-state index in [0.29, 0.717) is 30.4 Å². The molecule has 1 atom stereocenters. The fourth-order valence-corrected chi connectivity index (χ4v) is 4.13. The molecule has 4 nitrogen and oxygen atoms in total. The molecule has 1 aliphatic heterocycles. The summed E-state index contributed by atoms with van der Waals surface area (Å²) in [4.78, 5) is 0.395. The van der Waals surface area contributed by atoms with E-state index < -0.39 is 10.0 Å². The van der Waals surface area contributed by atoms with Crippen molar-refractivity contribution < 1.29 is 8.42 Å². The van der Waals surface area contributed by atoms with Gasteiger partial charge >= 0.3 is 0 Å². The van der Waals surface area contributed by atoms with Crippen LogP contribution in [0.1, 0.15) is 24.8 Å². The van der Waals surface area contributed by atoms with Gasteiger partial charge in [0.05, 0.1) is 4.90 Å². The van der Waals surface area contributed by atoms with Gasteiger partial charge in [0.15, 0.2) is 0 Å². The smallest absolute Gasteiger partial charge is 0.243 e. The van der Waals surface area contributed by atoms with Crippen molar-refractivity contribution in [3.8, 4) is 0 Å². The summed E-state index contributed by atoms with van der Waals surface area (Å²) in [5.41, 5.74) is 6.64. The van der Waals surface area contributed by atoms with E-state index in [2.05, 4.69) is 0 Å². The molecule has 2 rings (SSSR count). The summed E-state index contributed by atoms with van der Waals surface area (Å²) in [6.07, 6.45) is 2.91. The Morgan fingerprint density at radius 1 is 1.32 bits per heavy atom. The van der Waals surface area contributed by atoms with Crippen molar-refractivity contribution >= 4 is 10.0 Å². The topological polar surface area (TPSA) is 63.4 Å². The van der Waals surface area contributed by atoms with Gasteiger partial charge in [0, 0.05) is 13.1 Å². The van der Waals surface area contributed by atoms with Gasteiger partial charge in [0.1, 0.15) is 0 Å². The van der Waals surface area contributed by atoms with Crippen LogP contribution in [0.5, 0.6) is 0 Å². The highest BCUT2D eigenvalue weighted by atomic mass is 32.2. The van der Waals surface area contributed by atoms with Crippen molar-refractivity contribution in [1.82, 2.24) is 4.31 Å². The summed E-state index contributed by atoms with van der Waals surface area (Å²) in [5, 5.41) is 0. The number of benzene rings is 1. The Hall–Kier alpha value is -0.910. The first-order valence-electron chi connectivity index (χ1n) is 6.81. The molecule has 1 aromatic carbocycles. The maximum atomic E-state index is 12.5. The lowest BCUT2D eigenvalue weighted by Crippen LogP contribution is -2.40. The highest BCUT2D eigenvalue weighted by Crippen LogP contribution is 2.25. The summed E-state index contributed by atoms with van der Waals surface area (Å²) in [7, 11) is -3.34. The predicted octanol–water partition coefficient (Wildman–Crippen LogP) is 1.74. The van der Waals surface area contributed by atoms with Crippen LogP contribution in [-0.4, -0.2) is 32.4 Å². The normalized spacial score (nSPS) is 21.5. The second-order valence-corrected chi connectivity index (χ2v) is 7.20. The van der Waals surface area contributed by atoms with E-state index in [4.69, 9.17) is 5.73 Å². The second kappa shape index (κ2) is 6.03. The van der Waals surface area contributed by atoms with Crippen molar-refractivity contribution in [2.24, 2.45) is 11.7 Å². The van der Waals surface area contributed by atoms with Crippen molar-refractivity contribution in [3.05, 3.63) is 29.8 Å². The van der Waals surface area contributed by atoms with Crippen molar-refractivity contribution in [2.45, 2.75) is 31.1 Å². The summed E-state index contributed by atoms with van der Waals surface area (Å²) in [6.45, 7) is 3.81. The maximum absolute atomic E-state index is 12.5. The van der Waals surface area contributed by atoms with Crippen molar-refractivity contribution in [3.63, 3.8) is 0 Å². The minimum absolute atomic E-state index is 0.395. The van der Waals surface area contributed by atoms with Gasteiger partial charge in [-0.25, -0.2) is 8.42 Å². The van der Waals surface area contributed by atoms with Gasteiger partial charge < -0.3 is 5.73 Å². The first-order valence-corrected chi connectivity index (χ1v) is 8.25. The van der Waals surface area contributed by atoms with Crippen molar-refractivity contribution in [2.75, 3.05) is 19.6 Å². The molecule has 1 fully saturated rings. The third-order valence-corrected chi connectivity index (χ3v) is 5.59. The fraction of sp³-hybridized carbons (Fsp3) is 0.571. The molecule has 1 heterocycles. The summed E-state index contributed by atoms with van der Waals surface area (Å²) < 4.78 is 26.7. The Bertz CT molecular complexity index is 509. The van der Waals surface area contributed by atoms with E-state index in [-0.39, 0.29) is 0 Å². The van der Waals surface area contributed by atoms with E-state index in [0.717, 1.165) is 24.8 Å². The Labute approximate surface area is 115 Å². The number of nitrogens with two attached hydrogens (primary N) is 1. The molecule has 0 saturated carbocycles. The quantitative estimate of drug-likeness (QED) is 0.915. The van der Waals surface area contributed by atoms with E-state index in [1.54, 1.807) is 16.4 Å². The van der Waals surface area contributed by atoms with Gasteiger partial charge in [-0.05, 0) is 50.8 Å². The van der Waals surface area contributed by atoms with Gasteiger partial charge in [0.2, 0.25) is 10.0 Å². The highest BCUT2D eigenvalue weighted by molar-refractivity contribution is 7.89. The maximum Gasteiger partial charge on any atom is 0.243 e. The van der Waals surface area contributed by atoms with Crippen LogP contribution in [0.3, 0.4) is 0 Å². The average molecular weight is 282 g/mol. The molecule has 0 aromatic heterocycles. The van der Waals surface area contributed by atoms with Gasteiger partial charge in [-0.3, -0.25) is 0 Å². The highest BCUT2D eigenvalue weighted by Gasteiger charge is 2.29. The zero-order valence-corrected chi connectivity index (χ0v) is 12.2. The number of sulfonamides is 1. The molecule has 1 saturated heterocycles. The lowest BCUT2D eigenvalue weighted by atomic mass is 9.96. The minimum atomic E-state index is -3.34. The molecular weight excluding hydrogens is 260 g/mol. The minimum Gasteiger partial charge on any atom is -0.330 e. The molecule has 0 aliphatic carbocycles. The number of rotatable bonds is 4. The molecule has 1 unspecified atom stereocenters. The first-order chi connectivity index (χ1) is 9.04. The standard InChI is InChI=1S/C14H22N2O2S/c1-12-4-6-14(7-5-12)19(17,18)16-10-2-3-13(11-16)8-9-15/h4-7,13H,2-3,8-11,15H2,1H3. The van der Waals surface area contributed by atoms with Gasteiger partial charge in [-0.2, -0.15) is 4.31 Å². The van der Waals surface area contributed by atoms with Crippen LogP contribution in [0.15, 0.2) is 29.2 Å². The first kappa shape index (κ1) is 14.5. The van der Waals surface area contributed by atoms with E-state index in [9.17, 15) is 8.42 Å². The lowest BCUT2D eigenvalue weighted by molar-refractivity contribution is 0.258. The van der Waals surface area contributed by atoms with Crippen LogP contribution in [0, 0.1) is 12.8 Å². The Balaban J connectivity index is 2.17. The summed E-state index contributed by atoms with van der Waals surface area (Å²) in [5.74, 6) is 0.402. The van der Waals surface area contributed by atoms with Crippen LogP contribution in [0.25, 0.3) is 0 Å². The summed E-state index contributed by atoms with van der Waals surface area (Å²) in [6, 6.07) is 7.07. The monoisotopic (exact) mass is 282 g/mol. The molecule has 19 heavy (non-hydrogen) atoms. The number of piperidine rings is 1. The third-order valence-electron chi connectivity index (χ3n) is 3.72. The van der Waals surface area contributed by atoms with Crippen LogP contribution >= 0.6 is 0 Å². The average Bonchev–Trinajstić information content (AvgIpc) is 2.40. The lowest BCUT2D eigenvalue weighted by Gasteiger charge is -2.31. The van der Waals surface area contributed by atoms with E-state index in [1.807, 2.05) is 19.1 Å². The number of hydrogen-bond acceptors (Lipinski definition) is 3. The summed E-state index contributed by atoms with van der Waals surface area (Å²) >= 11 is 0. The second-order valence-electron chi connectivity index (χ2n) is 5.26. The molecule has 0 spiro atoms. The molecule has 1 aliphatic rings. The molecular formula is C14H22N2O2S. The van der Waals surface area contributed by atoms with Gasteiger partial charge in [-0.15, -0.1) is 0 Å². The Kier molecular flexibility index (Phi) is 4.60.